The number of nitrogens with zero attached hydrogens (tertiary/aromatic N) is 1. The molecule has 2 atom stereocenters. The molecule has 0 spiro atoms. The summed E-state index contributed by atoms with van der Waals surface area (Å²) in [5, 5.41) is 14.5. The summed E-state index contributed by atoms with van der Waals surface area (Å²) in [6.45, 7) is 3.64. The van der Waals surface area contributed by atoms with Gasteiger partial charge in [-0.1, -0.05) is 45.4 Å². The quantitative estimate of drug-likeness (QED) is 0.250. The normalized spacial score (nSPS) is 18.3. The van der Waals surface area contributed by atoms with Crippen molar-refractivity contribution in [3.05, 3.63) is 0 Å². The predicted molar refractivity (Wildman–Crippen MR) is 98.9 cm³/mol. The van der Waals surface area contributed by atoms with Crippen LogP contribution in [-0.2, 0) is 9.59 Å². The van der Waals surface area contributed by atoms with Crippen molar-refractivity contribution in [1.82, 2.24) is 21.0 Å². The first-order valence-corrected chi connectivity index (χ1v) is 9.70. The third kappa shape index (κ3) is 7.29. The molecule has 0 saturated carbocycles. The zero-order valence-corrected chi connectivity index (χ0v) is 16.1. The van der Waals surface area contributed by atoms with Crippen molar-refractivity contribution >= 4 is 17.7 Å². The molecule has 1 saturated heterocycles. The van der Waals surface area contributed by atoms with Gasteiger partial charge >= 0.3 is 6.03 Å². The molecular formula is C18H34N4O4. The van der Waals surface area contributed by atoms with Gasteiger partial charge in [0.2, 0.25) is 5.91 Å². The minimum Gasteiger partial charge on any atom is -0.341 e. The fourth-order valence-electron chi connectivity index (χ4n) is 3.40. The third-order valence-electron chi connectivity index (χ3n) is 4.91. The number of ketones is 1. The van der Waals surface area contributed by atoms with Crippen molar-refractivity contribution in [3.63, 3.8) is 0 Å². The number of piperazine rings is 1. The second-order valence-corrected chi connectivity index (χ2v) is 6.86. The van der Waals surface area contributed by atoms with E-state index in [4.69, 9.17) is 5.21 Å². The molecule has 0 radical (unpaired) electrons. The number of carbonyl (C=O) groups is 3. The lowest BCUT2D eigenvalue weighted by molar-refractivity contribution is -0.136. The Morgan fingerprint density at radius 3 is 2.54 bits per heavy atom. The number of unbranched alkanes of at least 4 members (excludes halogenated alkanes) is 5. The van der Waals surface area contributed by atoms with E-state index in [1.807, 2.05) is 0 Å². The summed E-state index contributed by atoms with van der Waals surface area (Å²) in [5.41, 5.74) is 1.62. The molecule has 0 aromatic heterocycles. The minimum absolute atomic E-state index is 0.0532. The van der Waals surface area contributed by atoms with Crippen LogP contribution >= 0.6 is 0 Å². The number of amides is 3. The van der Waals surface area contributed by atoms with Gasteiger partial charge < -0.3 is 15.5 Å². The molecule has 0 aliphatic carbocycles. The van der Waals surface area contributed by atoms with E-state index in [1.165, 1.54) is 24.2 Å². The van der Waals surface area contributed by atoms with E-state index >= 15 is 0 Å². The summed E-state index contributed by atoms with van der Waals surface area (Å²) >= 11 is 0. The molecule has 3 amide bonds. The van der Waals surface area contributed by atoms with Crippen LogP contribution in [0.2, 0.25) is 0 Å². The van der Waals surface area contributed by atoms with E-state index in [0.717, 1.165) is 19.3 Å². The molecule has 0 unspecified atom stereocenters. The summed E-state index contributed by atoms with van der Waals surface area (Å²) in [4.78, 5) is 38.2. The highest BCUT2D eigenvalue weighted by molar-refractivity contribution is 5.93. The maximum Gasteiger partial charge on any atom is 0.317 e. The zero-order chi connectivity index (χ0) is 19.4. The molecule has 0 aromatic rings. The number of hydroxylamine groups is 1. The van der Waals surface area contributed by atoms with E-state index < -0.39 is 17.9 Å². The van der Waals surface area contributed by atoms with Gasteiger partial charge in [0, 0.05) is 39.0 Å². The van der Waals surface area contributed by atoms with Crippen molar-refractivity contribution in [2.24, 2.45) is 5.92 Å². The maximum absolute atomic E-state index is 13.0. The van der Waals surface area contributed by atoms with Crippen molar-refractivity contribution < 1.29 is 19.6 Å². The van der Waals surface area contributed by atoms with Crippen LogP contribution in [0.5, 0.6) is 0 Å². The minimum atomic E-state index is -0.583. The Hall–Kier alpha value is -1.67. The molecule has 1 rings (SSSR count). The zero-order valence-electron chi connectivity index (χ0n) is 16.1. The first-order chi connectivity index (χ1) is 12.5. The smallest absolute Gasteiger partial charge is 0.317 e. The highest BCUT2D eigenvalue weighted by Crippen LogP contribution is 2.21. The van der Waals surface area contributed by atoms with Gasteiger partial charge in [-0.25, -0.2) is 10.3 Å². The largest absolute Gasteiger partial charge is 0.341 e. The average Bonchev–Trinajstić information content (AvgIpc) is 2.68. The van der Waals surface area contributed by atoms with Crippen LogP contribution in [0.3, 0.4) is 0 Å². The van der Waals surface area contributed by atoms with E-state index in [9.17, 15) is 14.4 Å². The molecule has 8 heteroatoms. The van der Waals surface area contributed by atoms with Gasteiger partial charge in [-0.15, -0.1) is 0 Å². The Balaban J connectivity index is 2.68. The highest BCUT2D eigenvalue weighted by Gasteiger charge is 2.36. The van der Waals surface area contributed by atoms with Crippen LogP contribution in [0.15, 0.2) is 0 Å². The van der Waals surface area contributed by atoms with Gasteiger partial charge in [0.05, 0.1) is 0 Å². The maximum atomic E-state index is 13.0. The molecule has 0 aromatic carbocycles. The highest BCUT2D eigenvalue weighted by atomic mass is 16.5. The molecule has 4 N–H and O–H groups in total. The number of Topliss-reactive ketones (excluding diaryl/α,β-unsaturated/α-hetero) is 1. The van der Waals surface area contributed by atoms with Crippen molar-refractivity contribution in [1.29, 1.82) is 0 Å². The number of hydrogen-bond donors (Lipinski definition) is 4. The molecule has 26 heavy (non-hydrogen) atoms. The molecule has 1 aliphatic heterocycles. The Morgan fingerprint density at radius 1 is 1.19 bits per heavy atom. The predicted octanol–water partition coefficient (Wildman–Crippen LogP) is 1.43. The molecular weight excluding hydrogens is 336 g/mol. The first kappa shape index (κ1) is 22.4. The van der Waals surface area contributed by atoms with Crippen LogP contribution in [0, 0.1) is 5.92 Å². The van der Waals surface area contributed by atoms with Crippen LogP contribution in [0.25, 0.3) is 0 Å². The first-order valence-electron chi connectivity index (χ1n) is 9.70. The number of rotatable bonds is 11. The lowest BCUT2D eigenvalue weighted by Gasteiger charge is -2.36. The number of hydrogen-bond acceptors (Lipinski definition) is 5. The van der Waals surface area contributed by atoms with Crippen molar-refractivity contribution in [2.45, 2.75) is 64.3 Å². The number of nitrogens with one attached hydrogen (secondary N) is 3. The average molecular weight is 370 g/mol. The number of carbonyl (C=O) groups excluding carboxylic acids is 3. The van der Waals surface area contributed by atoms with Crippen LogP contribution in [-0.4, -0.2) is 60.6 Å². The standard InChI is InChI=1S/C18H34N4O4/c1-3-4-5-6-7-8-9-14(12-16(23)21-26)17(24)15-13-20-10-11-22(15)18(25)19-2/h14-15,20,26H,3-13H2,1-2H3,(H,19,25)(H,21,23)/t14-,15+/m1/s1. The lowest BCUT2D eigenvalue weighted by atomic mass is 9.88. The monoisotopic (exact) mass is 370 g/mol. The number of urea groups is 1. The summed E-state index contributed by atoms with van der Waals surface area (Å²) in [6.07, 6.45) is 7.12. The third-order valence-corrected chi connectivity index (χ3v) is 4.91. The second kappa shape index (κ2) is 12.6. The molecule has 1 heterocycles. The fraction of sp³-hybridized carbons (Fsp3) is 0.833. The second-order valence-electron chi connectivity index (χ2n) is 6.86. The molecule has 1 aliphatic rings. The topological polar surface area (TPSA) is 111 Å². The van der Waals surface area contributed by atoms with Gasteiger partial charge in [-0.3, -0.25) is 14.8 Å². The van der Waals surface area contributed by atoms with Crippen molar-refractivity contribution in [2.75, 3.05) is 26.7 Å². The Morgan fingerprint density at radius 2 is 1.88 bits per heavy atom. The van der Waals surface area contributed by atoms with Crippen molar-refractivity contribution in [3.8, 4) is 0 Å². The van der Waals surface area contributed by atoms with Gasteiger partial charge in [0.15, 0.2) is 5.78 Å². The van der Waals surface area contributed by atoms with Gasteiger partial charge in [0.1, 0.15) is 6.04 Å². The van der Waals surface area contributed by atoms with Gasteiger partial charge in [-0.2, -0.15) is 0 Å². The molecule has 8 nitrogen and oxygen atoms in total. The van der Waals surface area contributed by atoms with E-state index in [0.29, 0.717) is 26.1 Å². The molecule has 1 fully saturated rings. The fourth-order valence-corrected chi connectivity index (χ4v) is 3.40. The molecule has 0 bridgehead atoms. The Bertz CT molecular complexity index is 458. The molecule has 150 valence electrons. The summed E-state index contributed by atoms with van der Waals surface area (Å²) in [5.74, 6) is -1.17. The summed E-state index contributed by atoms with van der Waals surface area (Å²) < 4.78 is 0. The Labute approximate surface area is 156 Å². The van der Waals surface area contributed by atoms with E-state index in [2.05, 4.69) is 17.6 Å². The van der Waals surface area contributed by atoms with Crippen LogP contribution in [0.4, 0.5) is 4.79 Å². The SMILES string of the molecule is CCCCCCCC[C@H](CC(=O)NO)C(=O)[C@@H]1CNCCN1C(=O)NC. The summed E-state index contributed by atoms with van der Waals surface area (Å²) in [6, 6.07) is -0.866. The van der Waals surface area contributed by atoms with Gasteiger partial charge in [0.25, 0.3) is 0 Å². The van der Waals surface area contributed by atoms with E-state index in [1.54, 1.807) is 12.5 Å². The van der Waals surface area contributed by atoms with E-state index in [-0.39, 0.29) is 18.2 Å². The van der Waals surface area contributed by atoms with Gasteiger partial charge in [-0.05, 0) is 6.42 Å². The summed E-state index contributed by atoms with van der Waals surface area (Å²) in [7, 11) is 1.54. The Kier molecular flexibility index (Phi) is 10.9. The van der Waals surface area contributed by atoms with Crippen LogP contribution < -0.4 is 16.1 Å². The van der Waals surface area contributed by atoms with Crippen LogP contribution in [0.1, 0.15) is 58.3 Å². The lowest BCUT2D eigenvalue weighted by Crippen LogP contribution is -2.60.